The quantitative estimate of drug-likeness (QED) is 0.405. The van der Waals surface area contributed by atoms with Gasteiger partial charge in [0, 0.05) is 0 Å². The third kappa shape index (κ3) is 24.5. The first-order valence-corrected chi connectivity index (χ1v) is 5.12. The van der Waals surface area contributed by atoms with E-state index in [-0.39, 0.29) is 0 Å². The summed E-state index contributed by atoms with van der Waals surface area (Å²) in [7, 11) is 0. The van der Waals surface area contributed by atoms with Crippen molar-refractivity contribution in [2.24, 2.45) is 0 Å². The fourth-order valence-electron chi connectivity index (χ4n) is 0.554. The summed E-state index contributed by atoms with van der Waals surface area (Å²) in [6, 6.07) is 0. The first-order valence-electron chi connectivity index (χ1n) is 5.12. The van der Waals surface area contributed by atoms with E-state index in [0.717, 1.165) is 5.57 Å². The summed E-state index contributed by atoms with van der Waals surface area (Å²) in [5.74, 6) is 0. The standard InChI is InChI=1S/C6H8.C5H8.C4H8/c1-6-4-2-3-5-6;1-4-5(2)3;1-4(2)3/h2-4H,5H2,1H3;4H,1-2H2,3H3;1H2,2-3H3. The van der Waals surface area contributed by atoms with Crippen LogP contribution in [0.2, 0.25) is 0 Å². The van der Waals surface area contributed by atoms with Crippen molar-refractivity contribution < 1.29 is 0 Å². The molecular weight excluding hydrogens is 180 g/mol. The molecule has 0 aromatic heterocycles. The van der Waals surface area contributed by atoms with Crippen LogP contribution in [0.5, 0.6) is 0 Å². The molecule has 0 saturated heterocycles. The van der Waals surface area contributed by atoms with E-state index in [2.05, 4.69) is 44.9 Å². The molecule has 0 fully saturated rings. The largest absolute Gasteiger partial charge is 0.100 e. The lowest BCUT2D eigenvalue weighted by atomic mass is 10.3. The second-order valence-corrected chi connectivity index (χ2v) is 3.90. The molecule has 0 bridgehead atoms. The van der Waals surface area contributed by atoms with Crippen molar-refractivity contribution in [1.82, 2.24) is 0 Å². The van der Waals surface area contributed by atoms with Crippen LogP contribution >= 0.6 is 0 Å². The highest BCUT2D eigenvalue weighted by atomic mass is 13.9. The zero-order valence-corrected chi connectivity index (χ0v) is 10.6. The van der Waals surface area contributed by atoms with E-state index in [0.29, 0.717) is 0 Å². The maximum Gasteiger partial charge on any atom is -0.0135 e. The summed E-state index contributed by atoms with van der Waals surface area (Å²) in [6.07, 6.45) is 9.28. The molecular formula is C15H24. The highest BCUT2D eigenvalue weighted by Crippen LogP contribution is 2.06. The Morgan fingerprint density at radius 2 is 1.67 bits per heavy atom. The van der Waals surface area contributed by atoms with Crippen LogP contribution in [0.1, 0.15) is 34.1 Å². The predicted octanol–water partition coefficient (Wildman–Crippen LogP) is 5.22. The SMILES string of the molecule is C=C(C)C.C=CC(=C)C.CC1=CC=CC1. The van der Waals surface area contributed by atoms with Gasteiger partial charge in [0.2, 0.25) is 0 Å². The Bertz CT molecular complexity index is 258. The lowest BCUT2D eigenvalue weighted by molar-refractivity contribution is 1.25. The Labute approximate surface area is 95.4 Å². The van der Waals surface area contributed by atoms with Crippen molar-refractivity contribution in [2.45, 2.75) is 34.1 Å². The second kappa shape index (κ2) is 10.8. The Hall–Kier alpha value is -1.30. The number of hydrogen-bond donors (Lipinski definition) is 0. The average Bonchev–Trinajstić information content (AvgIpc) is 2.56. The fourth-order valence-corrected chi connectivity index (χ4v) is 0.554. The molecule has 0 heteroatoms. The van der Waals surface area contributed by atoms with Crippen molar-refractivity contribution in [1.29, 1.82) is 0 Å². The van der Waals surface area contributed by atoms with Crippen molar-refractivity contribution >= 4 is 0 Å². The van der Waals surface area contributed by atoms with Crippen molar-refractivity contribution in [3.63, 3.8) is 0 Å². The van der Waals surface area contributed by atoms with E-state index in [1.54, 1.807) is 6.08 Å². The minimum atomic E-state index is 1.02. The van der Waals surface area contributed by atoms with Gasteiger partial charge in [-0.05, 0) is 34.1 Å². The van der Waals surface area contributed by atoms with E-state index in [1.807, 2.05) is 20.8 Å². The zero-order valence-electron chi connectivity index (χ0n) is 10.6. The molecule has 0 N–H and O–H groups in total. The van der Waals surface area contributed by atoms with E-state index in [4.69, 9.17) is 0 Å². The van der Waals surface area contributed by atoms with Gasteiger partial charge in [-0.25, -0.2) is 0 Å². The van der Waals surface area contributed by atoms with Gasteiger partial charge in [-0.15, -0.1) is 6.58 Å². The fraction of sp³-hybridized carbons (Fsp3) is 0.333. The number of hydrogen-bond acceptors (Lipinski definition) is 0. The topological polar surface area (TPSA) is 0 Å². The third-order valence-electron chi connectivity index (χ3n) is 1.31. The first-order chi connectivity index (χ1) is 6.90. The minimum Gasteiger partial charge on any atom is -0.100 e. The van der Waals surface area contributed by atoms with Crippen LogP contribution < -0.4 is 0 Å². The molecule has 0 radical (unpaired) electrons. The molecule has 1 rings (SSSR count). The number of allylic oxidation sites excluding steroid dienone is 7. The Morgan fingerprint density at radius 3 is 1.73 bits per heavy atom. The molecule has 1 aliphatic rings. The van der Waals surface area contributed by atoms with Crippen LogP contribution in [0.15, 0.2) is 60.8 Å². The van der Waals surface area contributed by atoms with Crippen LogP contribution in [-0.4, -0.2) is 0 Å². The summed E-state index contributed by atoms with van der Waals surface area (Å²) in [5.41, 5.74) is 3.65. The Balaban J connectivity index is 0. The lowest BCUT2D eigenvalue weighted by Gasteiger charge is -1.78. The maximum atomic E-state index is 3.56. The minimum absolute atomic E-state index is 1.02. The van der Waals surface area contributed by atoms with E-state index < -0.39 is 0 Å². The zero-order chi connectivity index (χ0) is 12.3. The van der Waals surface area contributed by atoms with Gasteiger partial charge in [0.25, 0.3) is 0 Å². The molecule has 15 heavy (non-hydrogen) atoms. The van der Waals surface area contributed by atoms with Gasteiger partial charge in [0.15, 0.2) is 0 Å². The molecule has 0 unspecified atom stereocenters. The lowest BCUT2D eigenvalue weighted by Crippen LogP contribution is -1.58. The Morgan fingerprint density at radius 1 is 1.27 bits per heavy atom. The predicted molar refractivity (Wildman–Crippen MR) is 73.0 cm³/mol. The van der Waals surface area contributed by atoms with Gasteiger partial charge in [0.1, 0.15) is 0 Å². The molecule has 0 aliphatic heterocycles. The van der Waals surface area contributed by atoms with Gasteiger partial charge in [-0.2, -0.15) is 0 Å². The van der Waals surface area contributed by atoms with Crippen LogP contribution in [0.3, 0.4) is 0 Å². The van der Waals surface area contributed by atoms with Crippen LogP contribution in [0.25, 0.3) is 0 Å². The second-order valence-electron chi connectivity index (χ2n) is 3.90. The van der Waals surface area contributed by atoms with E-state index >= 15 is 0 Å². The van der Waals surface area contributed by atoms with Gasteiger partial charge >= 0.3 is 0 Å². The van der Waals surface area contributed by atoms with Crippen LogP contribution in [-0.2, 0) is 0 Å². The highest BCUT2D eigenvalue weighted by Gasteiger charge is 1.86. The van der Waals surface area contributed by atoms with E-state index in [1.165, 1.54) is 17.6 Å². The molecule has 0 nitrogen and oxygen atoms in total. The maximum absolute atomic E-state index is 3.56. The molecule has 0 heterocycles. The molecule has 0 aromatic rings. The summed E-state index contributed by atoms with van der Waals surface area (Å²) in [4.78, 5) is 0. The van der Waals surface area contributed by atoms with Crippen LogP contribution in [0.4, 0.5) is 0 Å². The average molecular weight is 204 g/mol. The molecule has 84 valence electrons. The third-order valence-corrected chi connectivity index (χ3v) is 1.31. The van der Waals surface area contributed by atoms with Gasteiger partial charge < -0.3 is 0 Å². The van der Waals surface area contributed by atoms with Crippen molar-refractivity contribution in [2.75, 3.05) is 0 Å². The molecule has 0 atom stereocenters. The van der Waals surface area contributed by atoms with Gasteiger partial charge in [-0.1, -0.05) is 54.2 Å². The molecule has 0 aromatic carbocycles. The first kappa shape index (κ1) is 16.1. The van der Waals surface area contributed by atoms with Crippen molar-refractivity contribution in [3.05, 3.63) is 60.8 Å². The highest BCUT2D eigenvalue weighted by molar-refractivity contribution is 5.20. The molecule has 0 amide bonds. The normalized spacial score (nSPS) is 11.3. The monoisotopic (exact) mass is 204 g/mol. The summed E-state index contributed by atoms with van der Waals surface area (Å²) in [6.45, 7) is 18.6. The van der Waals surface area contributed by atoms with Crippen molar-refractivity contribution in [3.8, 4) is 0 Å². The summed E-state index contributed by atoms with van der Waals surface area (Å²) in [5, 5.41) is 0. The smallest absolute Gasteiger partial charge is 0.0135 e. The summed E-state index contributed by atoms with van der Waals surface area (Å²) >= 11 is 0. The van der Waals surface area contributed by atoms with E-state index in [9.17, 15) is 0 Å². The number of rotatable bonds is 1. The molecule has 1 aliphatic carbocycles. The molecule has 0 saturated carbocycles. The Kier molecular flexibility index (Phi) is 11.6. The summed E-state index contributed by atoms with van der Waals surface area (Å²) < 4.78 is 0. The molecule has 0 spiro atoms. The van der Waals surface area contributed by atoms with Gasteiger partial charge in [-0.3, -0.25) is 0 Å². The van der Waals surface area contributed by atoms with Crippen LogP contribution in [0, 0.1) is 0 Å². The van der Waals surface area contributed by atoms with Gasteiger partial charge in [0.05, 0.1) is 0 Å².